The maximum Gasteiger partial charge on any atom is 0.231 e. The summed E-state index contributed by atoms with van der Waals surface area (Å²) in [4.78, 5) is 32.3. The maximum absolute atomic E-state index is 12.7. The van der Waals surface area contributed by atoms with E-state index in [0.29, 0.717) is 16.7 Å². The number of nitrogens with zero attached hydrogens (tertiary/aromatic N) is 2. The molecule has 8 heteroatoms. The molecule has 1 saturated heterocycles. The predicted molar refractivity (Wildman–Crippen MR) is 112 cm³/mol. The topological polar surface area (TPSA) is 62.3 Å². The van der Waals surface area contributed by atoms with Gasteiger partial charge in [-0.3, -0.25) is 9.59 Å². The van der Waals surface area contributed by atoms with Crippen molar-refractivity contribution in [2.24, 2.45) is 5.92 Å². The summed E-state index contributed by atoms with van der Waals surface area (Å²) in [5.74, 6) is -0.618. The van der Waals surface area contributed by atoms with Crippen molar-refractivity contribution >= 4 is 67.5 Å². The molecule has 4 rings (SSSR count). The molecule has 0 radical (unpaired) electrons. The van der Waals surface area contributed by atoms with Crippen LogP contribution in [0.5, 0.6) is 0 Å². The first-order chi connectivity index (χ1) is 13.0. The molecule has 5 nitrogen and oxygen atoms in total. The number of aromatic nitrogens is 1. The van der Waals surface area contributed by atoms with Crippen molar-refractivity contribution in [3.63, 3.8) is 0 Å². The van der Waals surface area contributed by atoms with Crippen LogP contribution in [0.25, 0.3) is 10.2 Å². The Hall–Kier alpha value is -2.09. The van der Waals surface area contributed by atoms with Crippen LogP contribution in [0.4, 0.5) is 10.8 Å². The van der Waals surface area contributed by atoms with Gasteiger partial charge in [0.15, 0.2) is 5.13 Å². The Morgan fingerprint density at radius 3 is 3.00 bits per heavy atom. The van der Waals surface area contributed by atoms with Gasteiger partial charge >= 0.3 is 0 Å². The monoisotopic (exact) mass is 417 g/mol. The minimum Gasteiger partial charge on any atom is -0.312 e. The number of halogens is 1. The van der Waals surface area contributed by atoms with Gasteiger partial charge in [-0.2, -0.15) is 0 Å². The fourth-order valence-electron chi connectivity index (χ4n) is 3.07. The van der Waals surface area contributed by atoms with E-state index in [9.17, 15) is 9.59 Å². The van der Waals surface area contributed by atoms with Gasteiger partial charge in [0.1, 0.15) is 0 Å². The molecule has 1 aromatic heterocycles. The van der Waals surface area contributed by atoms with E-state index in [4.69, 9.17) is 11.6 Å². The summed E-state index contributed by atoms with van der Waals surface area (Å²) >= 11 is 8.99. The van der Waals surface area contributed by atoms with Gasteiger partial charge in [-0.05, 0) is 42.7 Å². The number of hydrogen-bond donors (Lipinski definition) is 1. The lowest BCUT2D eigenvalue weighted by Crippen LogP contribution is -2.28. The number of carbonyl (C=O) groups is 2. The molecule has 1 fully saturated rings. The van der Waals surface area contributed by atoms with Crippen LogP contribution in [0.15, 0.2) is 47.4 Å². The summed E-state index contributed by atoms with van der Waals surface area (Å²) in [5.41, 5.74) is 1.62. The molecule has 1 unspecified atom stereocenters. The minimum atomic E-state index is -0.397. The lowest BCUT2D eigenvalue weighted by molar-refractivity contribution is -0.122. The second-order valence-electron chi connectivity index (χ2n) is 6.23. The number of thioether (sulfide) groups is 1. The minimum absolute atomic E-state index is 0.0375. The highest BCUT2D eigenvalue weighted by molar-refractivity contribution is 7.98. The van der Waals surface area contributed by atoms with Crippen LogP contribution in [0.2, 0.25) is 5.02 Å². The Bertz CT molecular complexity index is 1040. The third-order valence-corrected chi connectivity index (χ3v) is 6.34. The SMILES string of the molecule is CSc1cccc(N2CC(C(=O)Nc3nc4ccc(Cl)cc4s3)CC2=O)c1. The van der Waals surface area contributed by atoms with Crippen molar-refractivity contribution in [3.8, 4) is 0 Å². The fourth-order valence-corrected chi connectivity index (χ4v) is 4.67. The molecular formula is C19H16ClN3O2S2. The van der Waals surface area contributed by atoms with Crippen LogP contribution in [0.3, 0.4) is 0 Å². The molecule has 0 saturated carbocycles. The highest BCUT2D eigenvalue weighted by Crippen LogP contribution is 2.31. The third-order valence-electron chi connectivity index (χ3n) is 4.44. The molecule has 0 spiro atoms. The zero-order valence-electron chi connectivity index (χ0n) is 14.4. The summed E-state index contributed by atoms with van der Waals surface area (Å²) in [7, 11) is 0. The van der Waals surface area contributed by atoms with Crippen LogP contribution in [0, 0.1) is 5.92 Å². The number of anilines is 2. The Balaban J connectivity index is 1.48. The molecule has 3 aromatic rings. The molecule has 2 aromatic carbocycles. The predicted octanol–water partition coefficient (Wildman–Crippen LogP) is 4.66. The van der Waals surface area contributed by atoms with Gasteiger partial charge in [0.2, 0.25) is 11.8 Å². The quantitative estimate of drug-likeness (QED) is 0.627. The average Bonchev–Trinajstić information content (AvgIpc) is 3.24. The second-order valence-corrected chi connectivity index (χ2v) is 8.57. The van der Waals surface area contributed by atoms with Gasteiger partial charge in [0.05, 0.1) is 16.1 Å². The van der Waals surface area contributed by atoms with E-state index >= 15 is 0 Å². The number of carbonyl (C=O) groups excluding carboxylic acids is 2. The average molecular weight is 418 g/mol. The number of benzene rings is 2. The van der Waals surface area contributed by atoms with Gasteiger partial charge in [0, 0.05) is 28.6 Å². The van der Waals surface area contributed by atoms with Crippen LogP contribution < -0.4 is 10.2 Å². The number of thiazole rings is 1. The summed E-state index contributed by atoms with van der Waals surface area (Å²) in [6.07, 6.45) is 2.19. The van der Waals surface area contributed by atoms with Gasteiger partial charge in [-0.1, -0.05) is 29.0 Å². The molecule has 0 aliphatic carbocycles. The van der Waals surface area contributed by atoms with Crippen LogP contribution >= 0.6 is 34.7 Å². The molecule has 138 valence electrons. The van der Waals surface area contributed by atoms with Gasteiger partial charge in [-0.25, -0.2) is 4.98 Å². The zero-order valence-corrected chi connectivity index (χ0v) is 16.8. The smallest absolute Gasteiger partial charge is 0.231 e. The van der Waals surface area contributed by atoms with Crippen molar-refractivity contribution in [2.75, 3.05) is 23.0 Å². The molecule has 2 heterocycles. The number of rotatable bonds is 4. The Morgan fingerprint density at radius 2 is 2.19 bits per heavy atom. The van der Waals surface area contributed by atoms with Gasteiger partial charge in [0.25, 0.3) is 0 Å². The number of nitrogens with one attached hydrogen (secondary N) is 1. The summed E-state index contributed by atoms with van der Waals surface area (Å²) in [6.45, 7) is 0.374. The molecule has 27 heavy (non-hydrogen) atoms. The van der Waals surface area contributed by atoms with Gasteiger partial charge < -0.3 is 10.2 Å². The largest absolute Gasteiger partial charge is 0.312 e. The molecule has 0 bridgehead atoms. The van der Waals surface area contributed by atoms with E-state index in [1.54, 1.807) is 22.7 Å². The highest BCUT2D eigenvalue weighted by Gasteiger charge is 2.35. The molecule has 2 amide bonds. The Morgan fingerprint density at radius 1 is 1.33 bits per heavy atom. The first-order valence-corrected chi connectivity index (χ1v) is 10.8. The molecule has 1 N–H and O–H groups in total. The number of amides is 2. The Labute approximate surface area is 169 Å². The van der Waals surface area contributed by atoms with Crippen molar-refractivity contribution < 1.29 is 9.59 Å². The molecule has 1 aliphatic heterocycles. The Kier molecular flexibility index (Phi) is 5.08. The normalized spacial score (nSPS) is 16.9. The van der Waals surface area contributed by atoms with E-state index in [0.717, 1.165) is 20.8 Å². The number of hydrogen-bond acceptors (Lipinski definition) is 5. The van der Waals surface area contributed by atoms with E-state index < -0.39 is 5.92 Å². The zero-order chi connectivity index (χ0) is 19.0. The van der Waals surface area contributed by atoms with Crippen LogP contribution in [-0.4, -0.2) is 29.6 Å². The molecule has 1 atom stereocenters. The van der Waals surface area contributed by atoms with Crippen molar-refractivity contribution in [3.05, 3.63) is 47.5 Å². The van der Waals surface area contributed by atoms with E-state index in [2.05, 4.69) is 10.3 Å². The van der Waals surface area contributed by atoms with Crippen molar-refractivity contribution in [2.45, 2.75) is 11.3 Å². The van der Waals surface area contributed by atoms with Crippen molar-refractivity contribution in [1.29, 1.82) is 0 Å². The summed E-state index contributed by atoms with van der Waals surface area (Å²) < 4.78 is 0.913. The first-order valence-electron chi connectivity index (χ1n) is 8.35. The highest BCUT2D eigenvalue weighted by atomic mass is 35.5. The lowest BCUT2D eigenvalue weighted by Gasteiger charge is -2.17. The first kappa shape index (κ1) is 18.3. The van der Waals surface area contributed by atoms with Crippen LogP contribution in [-0.2, 0) is 9.59 Å². The molecule has 1 aliphatic rings. The van der Waals surface area contributed by atoms with E-state index in [1.165, 1.54) is 11.3 Å². The summed E-state index contributed by atoms with van der Waals surface area (Å²) in [6, 6.07) is 13.2. The fraction of sp³-hybridized carbons (Fsp3) is 0.211. The van der Waals surface area contributed by atoms with E-state index in [-0.39, 0.29) is 18.2 Å². The summed E-state index contributed by atoms with van der Waals surface area (Å²) in [5, 5.41) is 4.00. The van der Waals surface area contributed by atoms with Crippen LogP contribution in [0.1, 0.15) is 6.42 Å². The molecular weight excluding hydrogens is 402 g/mol. The van der Waals surface area contributed by atoms with Gasteiger partial charge in [-0.15, -0.1) is 11.8 Å². The third kappa shape index (κ3) is 3.81. The maximum atomic E-state index is 12.7. The van der Waals surface area contributed by atoms with Crippen molar-refractivity contribution in [1.82, 2.24) is 4.98 Å². The second kappa shape index (κ2) is 7.50. The number of fused-ring (bicyclic) bond motifs is 1. The standard InChI is InChI=1S/C19H16ClN3O2S2/c1-26-14-4-2-3-13(9-14)23-10-11(7-17(23)24)18(25)22-19-21-15-6-5-12(20)8-16(15)27-19/h2-6,8-9,11H,7,10H2,1H3,(H,21,22,25). The van der Waals surface area contributed by atoms with E-state index in [1.807, 2.05) is 42.7 Å². The lowest BCUT2D eigenvalue weighted by atomic mass is 10.1.